The van der Waals surface area contributed by atoms with Crippen LogP contribution in [0.15, 0.2) is 36.7 Å². The first-order chi connectivity index (χ1) is 8.28. The number of nitrogens with one attached hydrogen (secondary N) is 1. The largest absolute Gasteiger partial charge is 0.381 e. The van der Waals surface area contributed by atoms with Crippen LogP contribution in [0, 0.1) is 0 Å². The third kappa shape index (κ3) is 3.32. The van der Waals surface area contributed by atoms with Crippen molar-refractivity contribution in [2.45, 2.75) is 13.2 Å². The molecule has 1 aromatic carbocycles. The first-order valence-corrected chi connectivity index (χ1v) is 5.57. The third-order valence-electron chi connectivity index (χ3n) is 2.49. The Morgan fingerprint density at radius 3 is 2.94 bits per heavy atom. The molecule has 0 aliphatic heterocycles. The van der Waals surface area contributed by atoms with Crippen molar-refractivity contribution in [2.75, 3.05) is 12.4 Å². The van der Waals surface area contributed by atoms with E-state index in [1.54, 1.807) is 11.8 Å². The first kappa shape index (κ1) is 11.7. The smallest absolute Gasteiger partial charge is 0.0713 e. The topological polar surface area (TPSA) is 39.1 Å². The SMILES string of the molecule is COCc1cccc(NCc2cnn(C)c2)c1. The highest BCUT2D eigenvalue weighted by atomic mass is 16.5. The van der Waals surface area contributed by atoms with Crippen molar-refractivity contribution in [3.63, 3.8) is 0 Å². The van der Waals surface area contributed by atoms with Crippen LogP contribution in [0.5, 0.6) is 0 Å². The molecule has 90 valence electrons. The van der Waals surface area contributed by atoms with Gasteiger partial charge in [-0.3, -0.25) is 4.68 Å². The molecule has 4 nitrogen and oxygen atoms in total. The molecule has 1 heterocycles. The predicted molar refractivity (Wildman–Crippen MR) is 67.7 cm³/mol. The van der Waals surface area contributed by atoms with Crippen LogP contribution in [-0.4, -0.2) is 16.9 Å². The summed E-state index contributed by atoms with van der Waals surface area (Å²) in [6.45, 7) is 1.42. The summed E-state index contributed by atoms with van der Waals surface area (Å²) in [6, 6.07) is 8.23. The molecule has 0 bridgehead atoms. The summed E-state index contributed by atoms with van der Waals surface area (Å²) in [5.74, 6) is 0. The van der Waals surface area contributed by atoms with Gasteiger partial charge in [0.15, 0.2) is 0 Å². The molecule has 0 saturated carbocycles. The van der Waals surface area contributed by atoms with Crippen molar-refractivity contribution < 1.29 is 4.74 Å². The van der Waals surface area contributed by atoms with Crippen molar-refractivity contribution in [1.29, 1.82) is 0 Å². The maximum atomic E-state index is 5.11. The second kappa shape index (κ2) is 5.50. The Morgan fingerprint density at radius 2 is 2.24 bits per heavy atom. The monoisotopic (exact) mass is 231 g/mol. The normalized spacial score (nSPS) is 10.5. The Morgan fingerprint density at radius 1 is 1.35 bits per heavy atom. The molecule has 0 unspecified atom stereocenters. The van der Waals surface area contributed by atoms with Gasteiger partial charge in [-0.15, -0.1) is 0 Å². The highest BCUT2D eigenvalue weighted by molar-refractivity contribution is 5.45. The number of aryl methyl sites for hydroxylation is 1. The van der Waals surface area contributed by atoms with E-state index < -0.39 is 0 Å². The van der Waals surface area contributed by atoms with Gasteiger partial charge in [-0.05, 0) is 17.7 Å². The summed E-state index contributed by atoms with van der Waals surface area (Å²) in [4.78, 5) is 0. The lowest BCUT2D eigenvalue weighted by Crippen LogP contribution is -1.99. The molecule has 0 fully saturated rings. The third-order valence-corrected chi connectivity index (χ3v) is 2.49. The number of benzene rings is 1. The lowest BCUT2D eigenvalue weighted by molar-refractivity contribution is 0.185. The fourth-order valence-electron chi connectivity index (χ4n) is 1.71. The summed E-state index contributed by atoms with van der Waals surface area (Å²) in [5.41, 5.74) is 3.44. The summed E-state index contributed by atoms with van der Waals surface area (Å²) >= 11 is 0. The maximum Gasteiger partial charge on any atom is 0.0713 e. The van der Waals surface area contributed by atoms with E-state index in [2.05, 4.69) is 28.6 Å². The van der Waals surface area contributed by atoms with Crippen molar-refractivity contribution in [1.82, 2.24) is 9.78 Å². The van der Waals surface area contributed by atoms with Gasteiger partial charge in [-0.2, -0.15) is 5.10 Å². The molecule has 0 amide bonds. The molecule has 4 heteroatoms. The van der Waals surface area contributed by atoms with Gasteiger partial charge in [0.25, 0.3) is 0 Å². The minimum Gasteiger partial charge on any atom is -0.381 e. The Bertz CT molecular complexity index is 479. The molecule has 17 heavy (non-hydrogen) atoms. The Labute approximate surface area is 101 Å². The number of ether oxygens (including phenoxy) is 1. The fourth-order valence-corrected chi connectivity index (χ4v) is 1.71. The van der Waals surface area contributed by atoms with Crippen molar-refractivity contribution >= 4 is 5.69 Å². The number of anilines is 1. The fraction of sp³-hybridized carbons (Fsp3) is 0.308. The van der Waals surface area contributed by atoms with E-state index in [-0.39, 0.29) is 0 Å². The van der Waals surface area contributed by atoms with E-state index in [0.29, 0.717) is 6.61 Å². The van der Waals surface area contributed by atoms with Crippen LogP contribution >= 0.6 is 0 Å². The molecule has 2 aromatic rings. The van der Waals surface area contributed by atoms with Gasteiger partial charge in [-0.1, -0.05) is 12.1 Å². The molecule has 0 aliphatic carbocycles. The van der Waals surface area contributed by atoms with Crippen LogP contribution in [0.25, 0.3) is 0 Å². The molecular weight excluding hydrogens is 214 g/mol. The molecule has 0 aliphatic rings. The number of rotatable bonds is 5. The van der Waals surface area contributed by atoms with Crippen LogP contribution in [0.3, 0.4) is 0 Å². The van der Waals surface area contributed by atoms with Gasteiger partial charge >= 0.3 is 0 Å². The van der Waals surface area contributed by atoms with E-state index in [1.807, 2.05) is 25.5 Å². The average Bonchev–Trinajstić information content (AvgIpc) is 2.74. The van der Waals surface area contributed by atoms with Crippen LogP contribution in [-0.2, 0) is 24.9 Å². The minimum atomic E-state index is 0.641. The Kier molecular flexibility index (Phi) is 3.77. The molecule has 2 rings (SSSR count). The number of aromatic nitrogens is 2. The van der Waals surface area contributed by atoms with Gasteiger partial charge < -0.3 is 10.1 Å². The zero-order valence-electron chi connectivity index (χ0n) is 10.2. The number of nitrogens with zero attached hydrogens (tertiary/aromatic N) is 2. The van der Waals surface area contributed by atoms with Gasteiger partial charge in [-0.25, -0.2) is 0 Å². The zero-order valence-corrected chi connectivity index (χ0v) is 10.2. The van der Waals surface area contributed by atoms with Crippen molar-refractivity contribution in [3.8, 4) is 0 Å². The zero-order chi connectivity index (χ0) is 12.1. The molecule has 0 saturated heterocycles. The average molecular weight is 231 g/mol. The molecule has 0 atom stereocenters. The predicted octanol–water partition coefficient (Wildman–Crippen LogP) is 2.18. The summed E-state index contributed by atoms with van der Waals surface area (Å²) in [7, 11) is 3.62. The standard InChI is InChI=1S/C13H17N3O/c1-16-9-12(8-15-16)7-14-13-5-3-4-11(6-13)10-17-2/h3-6,8-9,14H,7,10H2,1-2H3. The van der Waals surface area contributed by atoms with Crippen LogP contribution in [0.1, 0.15) is 11.1 Å². The van der Waals surface area contributed by atoms with E-state index in [1.165, 1.54) is 11.1 Å². The number of hydrogen-bond acceptors (Lipinski definition) is 3. The van der Waals surface area contributed by atoms with Crippen molar-refractivity contribution in [3.05, 3.63) is 47.8 Å². The van der Waals surface area contributed by atoms with Crippen molar-refractivity contribution in [2.24, 2.45) is 7.05 Å². The summed E-state index contributed by atoms with van der Waals surface area (Å²) in [6.07, 6.45) is 3.87. The quantitative estimate of drug-likeness (QED) is 0.857. The Balaban J connectivity index is 1.96. The van der Waals surface area contributed by atoms with Gasteiger partial charge in [0, 0.05) is 38.1 Å². The van der Waals surface area contributed by atoms with E-state index >= 15 is 0 Å². The van der Waals surface area contributed by atoms with E-state index in [0.717, 1.165) is 12.2 Å². The maximum absolute atomic E-state index is 5.11. The second-order valence-electron chi connectivity index (χ2n) is 4.01. The highest BCUT2D eigenvalue weighted by Crippen LogP contribution is 2.12. The van der Waals surface area contributed by atoms with Crippen LogP contribution < -0.4 is 5.32 Å². The number of hydrogen-bond donors (Lipinski definition) is 1. The molecule has 1 aromatic heterocycles. The minimum absolute atomic E-state index is 0.641. The van der Waals surface area contributed by atoms with Gasteiger partial charge in [0.05, 0.1) is 12.8 Å². The van der Waals surface area contributed by atoms with Crippen LogP contribution in [0.4, 0.5) is 5.69 Å². The summed E-state index contributed by atoms with van der Waals surface area (Å²) < 4.78 is 6.91. The Hall–Kier alpha value is -1.81. The highest BCUT2D eigenvalue weighted by Gasteiger charge is 1.98. The second-order valence-corrected chi connectivity index (χ2v) is 4.01. The molecule has 0 spiro atoms. The van der Waals surface area contributed by atoms with Gasteiger partial charge in [0.2, 0.25) is 0 Å². The lowest BCUT2D eigenvalue weighted by Gasteiger charge is -2.06. The van der Waals surface area contributed by atoms with E-state index in [4.69, 9.17) is 4.74 Å². The van der Waals surface area contributed by atoms with Crippen LogP contribution in [0.2, 0.25) is 0 Å². The molecule has 0 radical (unpaired) electrons. The van der Waals surface area contributed by atoms with Gasteiger partial charge in [0.1, 0.15) is 0 Å². The summed E-state index contributed by atoms with van der Waals surface area (Å²) in [5, 5.41) is 7.50. The number of methoxy groups -OCH3 is 1. The molecule has 1 N–H and O–H groups in total. The molecular formula is C13H17N3O. The van der Waals surface area contributed by atoms with E-state index in [9.17, 15) is 0 Å². The lowest BCUT2D eigenvalue weighted by atomic mass is 10.2. The first-order valence-electron chi connectivity index (χ1n) is 5.57.